The molecule has 23 heavy (non-hydrogen) atoms. The van der Waals surface area contributed by atoms with Gasteiger partial charge in [-0.2, -0.15) is 9.40 Å². The first-order valence-corrected chi connectivity index (χ1v) is 9.99. The summed E-state index contributed by atoms with van der Waals surface area (Å²) >= 11 is 0. The molecule has 0 saturated carbocycles. The van der Waals surface area contributed by atoms with Gasteiger partial charge in [0, 0.05) is 25.7 Å². The lowest BCUT2D eigenvalue weighted by molar-refractivity contribution is 0.334. The summed E-state index contributed by atoms with van der Waals surface area (Å²) in [5.74, 6) is 0.425. The van der Waals surface area contributed by atoms with Gasteiger partial charge < -0.3 is 5.32 Å². The number of aromatic nitrogens is 2. The molecule has 6 nitrogen and oxygen atoms in total. The lowest BCUT2D eigenvalue weighted by Crippen LogP contribution is -2.42. The molecule has 1 aliphatic heterocycles. The minimum atomic E-state index is -3.51. The Balaban J connectivity index is 2.42. The fourth-order valence-electron chi connectivity index (χ4n) is 3.30. The van der Waals surface area contributed by atoms with Crippen LogP contribution in [0.1, 0.15) is 45.0 Å². The minimum absolute atomic E-state index is 0.0483. The molecular formula is C16H30N4O2S. The van der Waals surface area contributed by atoms with E-state index < -0.39 is 10.0 Å². The van der Waals surface area contributed by atoms with Crippen molar-refractivity contribution in [3.05, 3.63) is 11.4 Å². The van der Waals surface area contributed by atoms with Gasteiger partial charge in [0.05, 0.1) is 11.4 Å². The number of rotatable bonds is 7. The van der Waals surface area contributed by atoms with E-state index in [2.05, 4.69) is 24.3 Å². The van der Waals surface area contributed by atoms with Crippen molar-refractivity contribution in [2.45, 2.75) is 64.9 Å². The molecule has 1 unspecified atom stereocenters. The normalized spacial score (nSPS) is 19.2. The third-order valence-electron chi connectivity index (χ3n) is 4.31. The highest BCUT2D eigenvalue weighted by molar-refractivity contribution is 7.89. The second kappa shape index (κ2) is 7.32. The average molecular weight is 343 g/mol. The Labute approximate surface area is 140 Å². The van der Waals surface area contributed by atoms with Gasteiger partial charge >= 0.3 is 0 Å². The number of hydrogen-bond acceptors (Lipinski definition) is 4. The first-order chi connectivity index (χ1) is 10.8. The predicted octanol–water partition coefficient (Wildman–Crippen LogP) is 1.92. The molecule has 1 aliphatic rings. The Morgan fingerprint density at radius 2 is 2.09 bits per heavy atom. The molecule has 0 aromatic carbocycles. The van der Waals surface area contributed by atoms with Crippen LogP contribution in [0.15, 0.2) is 4.90 Å². The van der Waals surface area contributed by atoms with Crippen LogP contribution in [0.4, 0.5) is 0 Å². The second-order valence-electron chi connectivity index (χ2n) is 6.84. The van der Waals surface area contributed by atoms with Crippen LogP contribution < -0.4 is 5.32 Å². The molecule has 0 bridgehead atoms. The van der Waals surface area contributed by atoms with Gasteiger partial charge in [-0.25, -0.2) is 8.42 Å². The van der Waals surface area contributed by atoms with Crippen LogP contribution in [0.3, 0.4) is 0 Å². The van der Waals surface area contributed by atoms with Crippen molar-refractivity contribution < 1.29 is 8.42 Å². The number of sulfonamides is 1. The molecular weight excluding hydrogens is 312 g/mol. The maximum absolute atomic E-state index is 13.3. The summed E-state index contributed by atoms with van der Waals surface area (Å²) < 4.78 is 30.1. The highest BCUT2D eigenvalue weighted by Crippen LogP contribution is 2.27. The average Bonchev–Trinajstić information content (AvgIpc) is 3.04. The van der Waals surface area contributed by atoms with Crippen molar-refractivity contribution in [2.75, 3.05) is 19.6 Å². The van der Waals surface area contributed by atoms with E-state index in [0.717, 1.165) is 38.2 Å². The smallest absolute Gasteiger partial charge is 0.247 e. The molecule has 1 aromatic heterocycles. The van der Waals surface area contributed by atoms with E-state index in [1.54, 1.807) is 11.2 Å². The molecule has 0 aliphatic carbocycles. The van der Waals surface area contributed by atoms with E-state index in [4.69, 9.17) is 0 Å². The van der Waals surface area contributed by atoms with Crippen LogP contribution in [-0.4, -0.2) is 48.2 Å². The van der Waals surface area contributed by atoms with E-state index in [9.17, 15) is 8.42 Å². The van der Waals surface area contributed by atoms with Gasteiger partial charge in [-0.15, -0.1) is 0 Å². The number of aryl methyl sites for hydroxylation is 1. The zero-order chi connectivity index (χ0) is 17.2. The second-order valence-corrected chi connectivity index (χ2v) is 8.67. The van der Waals surface area contributed by atoms with Gasteiger partial charge in [0.2, 0.25) is 10.0 Å². The fourth-order valence-corrected chi connectivity index (χ4v) is 5.42. The summed E-state index contributed by atoms with van der Waals surface area (Å²) in [6, 6.07) is 0.0483. The van der Waals surface area contributed by atoms with Crippen LogP contribution in [0.5, 0.6) is 0 Å². The Hall–Kier alpha value is -0.920. The van der Waals surface area contributed by atoms with Crippen molar-refractivity contribution in [1.29, 1.82) is 0 Å². The van der Waals surface area contributed by atoms with Crippen molar-refractivity contribution >= 4 is 10.0 Å². The van der Waals surface area contributed by atoms with E-state index in [1.165, 1.54) is 0 Å². The van der Waals surface area contributed by atoms with E-state index in [1.807, 2.05) is 18.5 Å². The Kier molecular flexibility index (Phi) is 5.86. The Bertz CT molecular complexity index is 631. The first kappa shape index (κ1) is 18.4. The van der Waals surface area contributed by atoms with Crippen molar-refractivity contribution in [1.82, 2.24) is 19.4 Å². The monoisotopic (exact) mass is 342 g/mol. The van der Waals surface area contributed by atoms with Gasteiger partial charge in [0.15, 0.2) is 0 Å². The van der Waals surface area contributed by atoms with Crippen LogP contribution in [0.25, 0.3) is 0 Å². The summed E-state index contributed by atoms with van der Waals surface area (Å²) in [6.45, 7) is 12.8. The van der Waals surface area contributed by atoms with Crippen LogP contribution >= 0.6 is 0 Å². The zero-order valence-electron chi connectivity index (χ0n) is 15.0. The van der Waals surface area contributed by atoms with Gasteiger partial charge in [-0.05, 0) is 39.2 Å². The van der Waals surface area contributed by atoms with Crippen molar-refractivity contribution in [3.63, 3.8) is 0 Å². The highest BCUT2D eigenvalue weighted by Gasteiger charge is 2.36. The summed E-state index contributed by atoms with van der Waals surface area (Å²) in [7, 11) is -3.51. The number of nitrogens with zero attached hydrogens (tertiary/aromatic N) is 3. The van der Waals surface area contributed by atoms with Crippen molar-refractivity contribution in [3.8, 4) is 0 Å². The van der Waals surface area contributed by atoms with Crippen LogP contribution in [0, 0.1) is 19.8 Å². The molecule has 0 spiro atoms. The third-order valence-corrected chi connectivity index (χ3v) is 6.51. The predicted molar refractivity (Wildman–Crippen MR) is 92.0 cm³/mol. The summed E-state index contributed by atoms with van der Waals surface area (Å²) in [4.78, 5) is 0.401. The third kappa shape index (κ3) is 3.78. The molecule has 2 rings (SSSR count). The summed E-state index contributed by atoms with van der Waals surface area (Å²) in [5, 5.41) is 7.75. The quantitative estimate of drug-likeness (QED) is 0.822. The zero-order valence-corrected chi connectivity index (χ0v) is 15.8. The molecule has 1 atom stereocenters. The van der Waals surface area contributed by atoms with Gasteiger partial charge in [-0.3, -0.25) is 4.68 Å². The molecule has 1 N–H and O–H groups in total. The molecule has 0 amide bonds. The molecule has 132 valence electrons. The first-order valence-electron chi connectivity index (χ1n) is 8.55. The SMILES string of the molecule is CCCN(C1CCNC1)S(=O)(=O)c1c(C)nn(CC(C)C)c1C. The molecule has 7 heteroatoms. The van der Waals surface area contributed by atoms with Gasteiger partial charge in [0.1, 0.15) is 4.90 Å². The topological polar surface area (TPSA) is 67.2 Å². The Morgan fingerprint density at radius 3 is 2.61 bits per heavy atom. The largest absolute Gasteiger partial charge is 0.315 e. The number of hydrogen-bond donors (Lipinski definition) is 1. The summed E-state index contributed by atoms with van der Waals surface area (Å²) in [5.41, 5.74) is 1.36. The van der Waals surface area contributed by atoms with Gasteiger partial charge in [0.25, 0.3) is 0 Å². The molecule has 0 radical (unpaired) electrons. The molecule has 1 fully saturated rings. The van der Waals surface area contributed by atoms with Gasteiger partial charge in [-0.1, -0.05) is 20.8 Å². The van der Waals surface area contributed by atoms with Crippen LogP contribution in [-0.2, 0) is 16.6 Å². The van der Waals surface area contributed by atoms with Crippen molar-refractivity contribution in [2.24, 2.45) is 5.92 Å². The van der Waals surface area contributed by atoms with E-state index >= 15 is 0 Å². The molecule has 1 saturated heterocycles. The minimum Gasteiger partial charge on any atom is -0.315 e. The standard InChI is InChI=1S/C16H30N4O2S/c1-6-9-20(15-7-8-17-10-15)23(21,22)16-13(4)18-19(14(16)5)11-12(2)3/h12,15,17H,6-11H2,1-5H3. The maximum atomic E-state index is 13.3. The lowest BCUT2D eigenvalue weighted by Gasteiger charge is -2.27. The highest BCUT2D eigenvalue weighted by atomic mass is 32.2. The lowest BCUT2D eigenvalue weighted by atomic mass is 10.2. The van der Waals surface area contributed by atoms with E-state index in [0.29, 0.717) is 23.1 Å². The number of nitrogens with one attached hydrogen (secondary N) is 1. The molecule has 1 aromatic rings. The fraction of sp³-hybridized carbons (Fsp3) is 0.812. The molecule has 2 heterocycles. The maximum Gasteiger partial charge on any atom is 0.247 e. The van der Waals surface area contributed by atoms with E-state index in [-0.39, 0.29) is 6.04 Å². The van der Waals surface area contributed by atoms with Crippen LogP contribution in [0.2, 0.25) is 0 Å². The summed E-state index contributed by atoms with van der Waals surface area (Å²) in [6.07, 6.45) is 1.69. The Morgan fingerprint density at radius 1 is 1.39 bits per heavy atom.